The molecule has 28 heavy (non-hydrogen) atoms. The molecule has 8 nitrogen and oxygen atoms in total. The minimum atomic E-state index is -1.06. The number of hydrazone groups is 1. The molecule has 0 aliphatic carbocycles. The van der Waals surface area contributed by atoms with E-state index >= 15 is 0 Å². The molecule has 1 aromatic carbocycles. The summed E-state index contributed by atoms with van der Waals surface area (Å²) in [5, 5.41) is 25.9. The van der Waals surface area contributed by atoms with Crippen molar-refractivity contribution in [3.63, 3.8) is 0 Å². The van der Waals surface area contributed by atoms with E-state index in [1.165, 1.54) is 35.6 Å². The normalized spacial score (nSPS) is 17.5. The zero-order valence-electron chi connectivity index (χ0n) is 14.7. The third kappa shape index (κ3) is 4.46. The summed E-state index contributed by atoms with van der Waals surface area (Å²) in [6.07, 6.45) is -0.0900. The molecule has 1 aromatic heterocycles. The Hall–Kier alpha value is -2.98. The summed E-state index contributed by atoms with van der Waals surface area (Å²) >= 11 is 2.44. The van der Waals surface area contributed by atoms with Crippen molar-refractivity contribution in [3.8, 4) is 0 Å². The lowest BCUT2D eigenvalue weighted by Gasteiger charge is -2.27. The summed E-state index contributed by atoms with van der Waals surface area (Å²) in [6.45, 7) is 1.76. The van der Waals surface area contributed by atoms with Crippen molar-refractivity contribution in [3.05, 3.63) is 52.2 Å². The summed E-state index contributed by atoms with van der Waals surface area (Å²) < 4.78 is 0. The maximum atomic E-state index is 12.4. The van der Waals surface area contributed by atoms with Crippen molar-refractivity contribution >= 4 is 57.4 Å². The number of amidine groups is 1. The van der Waals surface area contributed by atoms with Gasteiger partial charge in [-0.25, -0.2) is 4.79 Å². The fourth-order valence-electron chi connectivity index (χ4n) is 2.43. The molecule has 3 rings (SSSR count). The van der Waals surface area contributed by atoms with Crippen LogP contribution in [0, 0.1) is 5.41 Å². The average molecular weight is 416 g/mol. The summed E-state index contributed by atoms with van der Waals surface area (Å²) in [5.41, 5.74) is 1.15. The maximum Gasteiger partial charge on any atom is 0.335 e. The van der Waals surface area contributed by atoms with Gasteiger partial charge in [0, 0.05) is 5.69 Å². The quantitative estimate of drug-likeness (QED) is 0.647. The molecule has 2 aromatic rings. The second-order valence-electron chi connectivity index (χ2n) is 5.86. The molecule has 1 saturated heterocycles. The third-order valence-electron chi connectivity index (χ3n) is 3.86. The molecule has 1 aliphatic rings. The Kier molecular flexibility index (Phi) is 5.90. The summed E-state index contributed by atoms with van der Waals surface area (Å²) in [5.74, 6) is -1.91. The van der Waals surface area contributed by atoms with Crippen molar-refractivity contribution in [2.45, 2.75) is 18.6 Å². The van der Waals surface area contributed by atoms with Crippen molar-refractivity contribution in [2.24, 2.45) is 5.10 Å². The zero-order chi connectivity index (χ0) is 20.3. The Morgan fingerprint density at radius 3 is 2.57 bits per heavy atom. The minimum absolute atomic E-state index is 0.0900. The van der Waals surface area contributed by atoms with Crippen LogP contribution in [0.3, 0.4) is 0 Å². The number of carboxylic acid groups (broad SMARTS) is 1. The van der Waals surface area contributed by atoms with Crippen LogP contribution in [-0.2, 0) is 9.59 Å². The van der Waals surface area contributed by atoms with Gasteiger partial charge in [0.05, 0.1) is 22.6 Å². The molecular weight excluding hydrogens is 400 g/mol. The summed E-state index contributed by atoms with van der Waals surface area (Å²) in [6, 6.07) is 9.46. The third-order valence-corrected chi connectivity index (χ3v) is 5.90. The van der Waals surface area contributed by atoms with Crippen molar-refractivity contribution in [2.75, 3.05) is 5.32 Å². The summed E-state index contributed by atoms with van der Waals surface area (Å²) in [7, 11) is 0. The fraction of sp³-hybridized carbons (Fsp3) is 0.167. The van der Waals surface area contributed by atoms with Gasteiger partial charge in [-0.05, 0) is 42.6 Å². The van der Waals surface area contributed by atoms with Gasteiger partial charge >= 0.3 is 5.97 Å². The Bertz CT molecular complexity index is 936. The first-order valence-corrected chi connectivity index (χ1v) is 9.92. The topological polar surface area (TPSA) is 123 Å². The maximum absolute atomic E-state index is 12.4. The fourth-order valence-corrected chi connectivity index (χ4v) is 4.01. The van der Waals surface area contributed by atoms with E-state index in [-0.39, 0.29) is 17.2 Å². The molecule has 144 valence electrons. The second-order valence-corrected chi connectivity index (χ2v) is 7.99. The zero-order valence-corrected chi connectivity index (χ0v) is 16.3. The molecule has 10 heteroatoms. The number of anilines is 1. The summed E-state index contributed by atoms with van der Waals surface area (Å²) in [4.78, 5) is 36.6. The average Bonchev–Trinajstić information content (AvgIpc) is 3.19. The van der Waals surface area contributed by atoms with Crippen LogP contribution in [-0.4, -0.2) is 44.0 Å². The van der Waals surface area contributed by atoms with Gasteiger partial charge in [0.15, 0.2) is 5.17 Å². The molecule has 1 fully saturated rings. The van der Waals surface area contributed by atoms with Gasteiger partial charge in [-0.2, -0.15) is 10.1 Å². The molecule has 2 heterocycles. The number of carboxylic acids is 1. The van der Waals surface area contributed by atoms with Crippen LogP contribution in [0.4, 0.5) is 5.69 Å². The Morgan fingerprint density at radius 2 is 2.00 bits per heavy atom. The van der Waals surface area contributed by atoms with Gasteiger partial charge in [0.2, 0.25) is 5.91 Å². The molecular formula is C18H16N4O4S2. The molecule has 1 atom stereocenters. The van der Waals surface area contributed by atoms with Crippen LogP contribution in [0.1, 0.15) is 28.6 Å². The number of nitrogens with zero attached hydrogens (tertiary/aromatic N) is 2. The van der Waals surface area contributed by atoms with Gasteiger partial charge < -0.3 is 10.4 Å². The van der Waals surface area contributed by atoms with Crippen LogP contribution >= 0.6 is 23.1 Å². The lowest BCUT2D eigenvalue weighted by Crippen LogP contribution is -2.42. The minimum Gasteiger partial charge on any atom is -0.478 e. The highest BCUT2D eigenvalue weighted by molar-refractivity contribution is 8.14. The lowest BCUT2D eigenvalue weighted by molar-refractivity contribution is -0.129. The predicted octanol–water partition coefficient (Wildman–Crippen LogP) is 3.08. The van der Waals surface area contributed by atoms with Crippen LogP contribution < -0.4 is 5.32 Å². The number of carbonyl (C=O) groups excluding carboxylic acids is 2. The van der Waals surface area contributed by atoms with E-state index in [1.54, 1.807) is 6.92 Å². The number of hydrogen-bond acceptors (Lipinski definition) is 7. The first-order valence-electron chi connectivity index (χ1n) is 8.16. The van der Waals surface area contributed by atoms with Crippen molar-refractivity contribution < 1.29 is 19.5 Å². The number of thiophene rings is 1. The molecule has 0 bridgehead atoms. The van der Waals surface area contributed by atoms with Gasteiger partial charge in [-0.1, -0.05) is 17.8 Å². The monoisotopic (exact) mass is 416 g/mol. The highest BCUT2D eigenvalue weighted by Gasteiger charge is 2.35. The molecule has 2 amide bonds. The van der Waals surface area contributed by atoms with E-state index < -0.39 is 23.0 Å². The first kappa shape index (κ1) is 19.8. The van der Waals surface area contributed by atoms with Crippen LogP contribution in [0.2, 0.25) is 0 Å². The number of rotatable bonds is 5. The first-order chi connectivity index (χ1) is 13.3. The number of carbonyl (C=O) groups is 3. The van der Waals surface area contributed by atoms with E-state index in [0.717, 1.165) is 21.6 Å². The van der Waals surface area contributed by atoms with Crippen LogP contribution in [0.5, 0.6) is 0 Å². The molecule has 1 aliphatic heterocycles. The lowest BCUT2D eigenvalue weighted by atomic mass is 10.2. The van der Waals surface area contributed by atoms with E-state index in [2.05, 4.69) is 10.4 Å². The van der Waals surface area contributed by atoms with Crippen LogP contribution in [0.25, 0.3) is 0 Å². The number of hydrogen-bond donors (Lipinski definition) is 3. The van der Waals surface area contributed by atoms with E-state index in [4.69, 9.17) is 10.5 Å². The number of benzene rings is 1. The van der Waals surface area contributed by atoms with Gasteiger partial charge in [0.25, 0.3) is 5.91 Å². The standard InChI is InChI=1S/C18H16N4O4S2/c1-10(13-3-2-8-27-13)21-22-15(23)9-14(28-18(22)19)16(24)20-12-6-4-11(5-7-12)17(25)26/h2-8,14,19H,9H2,1H3,(H,20,24)(H,25,26)/b19-18?,21-10-/t14-/m1/s1. The molecule has 0 spiro atoms. The second kappa shape index (κ2) is 8.36. The predicted molar refractivity (Wildman–Crippen MR) is 109 cm³/mol. The molecule has 0 saturated carbocycles. The van der Waals surface area contributed by atoms with E-state index in [0.29, 0.717) is 11.4 Å². The van der Waals surface area contributed by atoms with Gasteiger partial charge in [-0.3, -0.25) is 15.0 Å². The van der Waals surface area contributed by atoms with Gasteiger partial charge in [-0.15, -0.1) is 11.3 Å². The van der Waals surface area contributed by atoms with Crippen molar-refractivity contribution in [1.29, 1.82) is 5.41 Å². The Morgan fingerprint density at radius 1 is 1.29 bits per heavy atom. The number of nitrogens with one attached hydrogen (secondary N) is 2. The number of thioether (sulfide) groups is 1. The molecule has 0 radical (unpaired) electrons. The largest absolute Gasteiger partial charge is 0.478 e. The Balaban J connectivity index is 1.65. The Labute approximate surface area is 168 Å². The van der Waals surface area contributed by atoms with Gasteiger partial charge in [0.1, 0.15) is 5.25 Å². The highest BCUT2D eigenvalue weighted by Crippen LogP contribution is 2.27. The highest BCUT2D eigenvalue weighted by atomic mass is 32.2. The number of amides is 2. The SMILES string of the molecule is C/C(=N/N1C(=N)S[C@@H](C(=O)Nc2ccc(C(=O)O)cc2)CC1=O)c1cccs1. The van der Waals surface area contributed by atoms with Crippen molar-refractivity contribution in [1.82, 2.24) is 5.01 Å². The van der Waals surface area contributed by atoms with Crippen LogP contribution in [0.15, 0.2) is 46.9 Å². The smallest absolute Gasteiger partial charge is 0.335 e. The molecule has 0 unspecified atom stereocenters. The van der Waals surface area contributed by atoms with E-state index in [1.807, 2.05) is 17.5 Å². The van der Waals surface area contributed by atoms with E-state index in [9.17, 15) is 14.4 Å². The number of aromatic carboxylic acids is 1. The molecule has 3 N–H and O–H groups in total.